The van der Waals surface area contributed by atoms with Crippen LogP contribution in [0.15, 0.2) is 84.0 Å². The smallest absolute Gasteiger partial charge is 0.271 e. The fraction of sp³-hybridized carbons (Fsp3) is 0.138. The van der Waals surface area contributed by atoms with Crippen LogP contribution in [-0.2, 0) is 11.3 Å². The van der Waals surface area contributed by atoms with Crippen LogP contribution in [0.25, 0.3) is 10.8 Å². The van der Waals surface area contributed by atoms with Gasteiger partial charge < -0.3 is 19.8 Å². The number of aryl methyl sites for hydroxylation is 1. The minimum Gasteiger partial charge on any atom is -0.508 e. The van der Waals surface area contributed by atoms with Crippen LogP contribution in [0.2, 0.25) is 5.02 Å². The molecule has 0 aliphatic rings. The summed E-state index contributed by atoms with van der Waals surface area (Å²) in [6.45, 7) is 1.23. The maximum atomic E-state index is 12.7. The molecule has 4 aromatic rings. The van der Waals surface area contributed by atoms with Crippen molar-refractivity contribution in [3.63, 3.8) is 0 Å². The van der Waals surface area contributed by atoms with Gasteiger partial charge >= 0.3 is 0 Å². The summed E-state index contributed by atoms with van der Waals surface area (Å²) in [6, 6.07) is 22.6. The molecule has 0 aliphatic heterocycles. The van der Waals surface area contributed by atoms with E-state index in [1.54, 1.807) is 49.4 Å². The zero-order chi connectivity index (χ0) is 27.1. The minimum atomic E-state index is -0.448. The highest BCUT2D eigenvalue weighted by Gasteiger charge is 2.15. The highest BCUT2D eigenvalue weighted by atomic mass is 35.5. The van der Waals surface area contributed by atoms with E-state index in [0.29, 0.717) is 21.9 Å². The molecule has 0 unspecified atom stereocenters. The van der Waals surface area contributed by atoms with Gasteiger partial charge in [-0.25, -0.2) is 5.43 Å². The number of hydrogen-bond donors (Lipinski definition) is 3. The second-order valence-corrected chi connectivity index (χ2v) is 8.98. The van der Waals surface area contributed by atoms with E-state index < -0.39 is 12.6 Å². The van der Waals surface area contributed by atoms with Crippen LogP contribution in [0.3, 0.4) is 0 Å². The number of ether oxygens (including phenoxy) is 1. The third-order valence-corrected chi connectivity index (χ3v) is 6.16. The summed E-state index contributed by atoms with van der Waals surface area (Å²) >= 11 is 5.91. The first-order valence-corrected chi connectivity index (χ1v) is 12.1. The number of aromatic hydroxyl groups is 1. The molecule has 4 aromatic carbocycles. The summed E-state index contributed by atoms with van der Waals surface area (Å²) in [5.74, 6) is -0.159. The van der Waals surface area contributed by atoms with Crippen molar-refractivity contribution in [3.05, 3.63) is 106 Å². The van der Waals surface area contributed by atoms with Crippen molar-refractivity contribution in [2.24, 2.45) is 5.10 Å². The molecule has 2 amide bonds. The molecule has 9 heteroatoms. The van der Waals surface area contributed by atoms with Crippen molar-refractivity contribution < 1.29 is 24.5 Å². The zero-order valence-electron chi connectivity index (χ0n) is 20.6. The van der Waals surface area contributed by atoms with Gasteiger partial charge in [-0.15, -0.1) is 0 Å². The summed E-state index contributed by atoms with van der Waals surface area (Å²) < 4.78 is 5.84. The molecule has 4 rings (SSSR count). The van der Waals surface area contributed by atoms with Crippen LogP contribution < -0.4 is 10.2 Å². The van der Waals surface area contributed by atoms with Crippen molar-refractivity contribution in [3.8, 4) is 11.5 Å². The number of benzene rings is 4. The van der Waals surface area contributed by atoms with Gasteiger partial charge in [0.05, 0.1) is 6.21 Å². The van der Waals surface area contributed by atoms with Crippen molar-refractivity contribution in [2.45, 2.75) is 13.5 Å². The van der Waals surface area contributed by atoms with Gasteiger partial charge in [0.2, 0.25) is 0 Å². The molecular formula is C29H26ClN3O5. The Morgan fingerprint density at radius 2 is 1.76 bits per heavy atom. The van der Waals surface area contributed by atoms with Gasteiger partial charge in [-0.05, 0) is 65.9 Å². The summed E-state index contributed by atoms with van der Waals surface area (Å²) in [4.78, 5) is 26.4. The second kappa shape index (κ2) is 12.2. The Morgan fingerprint density at radius 1 is 1.03 bits per heavy atom. The summed E-state index contributed by atoms with van der Waals surface area (Å²) in [6.07, 6.45) is 1.53. The van der Waals surface area contributed by atoms with Gasteiger partial charge in [0.15, 0.2) is 6.61 Å². The number of aliphatic hydroxyl groups excluding tert-OH is 1. The van der Waals surface area contributed by atoms with Gasteiger partial charge in [0.25, 0.3) is 11.8 Å². The molecule has 194 valence electrons. The molecule has 3 N–H and O–H groups in total. The van der Waals surface area contributed by atoms with Gasteiger partial charge in [0.1, 0.15) is 18.2 Å². The maximum Gasteiger partial charge on any atom is 0.271 e. The van der Waals surface area contributed by atoms with E-state index in [-0.39, 0.29) is 24.8 Å². The zero-order valence-corrected chi connectivity index (χ0v) is 21.4. The lowest BCUT2D eigenvalue weighted by molar-refractivity contribution is -0.137. The Bertz CT molecular complexity index is 1490. The van der Waals surface area contributed by atoms with Crippen molar-refractivity contribution in [2.75, 3.05) is 13.3 Å². The van der Waals surface area contributed by atoms with E-state index >= 15 is 0 Å². The standard InChI is InChI=1S/C29H26ClN3O5/c1-19-14-21(8-12-26(19)35)29(37)32-31-15-22-9-13-27(25-5-3-2-4-24(22)25)38-17-28(36)33(18-34)16-20-6-10-23(30)11-7-20/h2-15,34-35H,16-18H2,1H3,(H,32,37)/b31-15+. The molecule has 0 aromatic heterocycles. The van der Waals surface area contributed by atoms with Crippen molar-refractivity contribution in [1.82, 2.24) is 10.3 Å². The van der Waals surface area contributed by atoms with Crippen molar-refractivity contribution >= 4 is 40.4 Å². The third-order valence-electron chi connectivity index (χ3n) is 5.91. The summed E-state index contributed by atoms with van der Waals surface area (Å²) in [7, 11) is 0. The lowest BCUT2D eigenvalue weighted by atomic mass is 10.0. The molecule has 8 nitrogen and oxygen atoms in total. The van der Waals surface area contributed by atoms with Crippen LogP contribution in [0.5, 0.6) is 11.5 Å². The van der Waals surface area contributed by atoms with Crippen molar-refractivity contribution in [1.29, 1.82) is 0 Å². The Balaban J connectivity index is 1.44. The van der Waals surface area contributed by atoms with Gasteiger partial charge in [-0.2, -0.15) is 5.10 Å². The second-order valence-electron chi connectivity index (χ2n) is 8.55. The van der Waals surface area contributed by atoms with Crippen LogP contribution >= 0.6 is 11.6 Å². The van der Waals surface area contributed by atoms with E-state index in [4.69, 9.17) is 16.3 Å². The number of phenols is 1. The average Bonchev–Trinajstić information content (AvgIpc) is 2.93. The van der Waals surface area contributed by atoms with Crippen LogP contribution in [0.4, 0.5) is 0 Å². The first-order chi connectivity index (χ1) is 18.4. The number of halogens is 1. The van der Waals surface area contributed by atoms with E-state index in [0.717, 1.165) is 21.9 Å². The van der Waals surface area contributed by atoms with Crippen LogP contribution in [0, 0.1) is 6.92 Å². The Morgan fingerprint density at radius 3 is 2.47 bits per heavy atom. The molecule has 0 saturated heterocycles. The number of fused-ring (bicyclic) bond motifs is 1. The number of rotatable bonds is 9. The number of amides is 2. The minimum absolute atomic E-state index is 0.117. The van der Waals surface area contributed by atoms with Gasteiger partial charge in [-0.3, -0.25) is 9.59 Å². The van der Waals surface area contributed by atoms with Crippen LogP contribution in [0.1, 0.15) is 27.0 Å². The molecular weight excluding hydrogens is 506 g/mol. The van der Waals surface area contributed by atoms with Gasteiger partial charge in [0, 0.05) is 28.1 Å². The molecule has 0 saturated carbocycles. The van der Waals surface area contributed by atoms with E-state index in [2.05, 4.69) is 10.5 Å². The first kappa shape index (κ1) is 26.7. The number of carbonyl (C=O) groups is 2. The number of nitrogens with one attached hydrogen (secondary N) is 1. The average molecular weight is 532 g/mol. The molecule has 0 fully saturated rings. The topological polar surface area (TPSA) is 111 Å². The molecule has 0 bridgehead atoms. The molecule has 38 heavy (non-hydrogen) atoms. The highest BCUT2D eigenvalue weighted by molar-refractivity contribution is 6.30. The fourth-order valence-electron chi connectivity index (χ4n) is 3.81. The van der Waals surface area contributed by atoms with E-state index in [1.165, 1.54) is 23.2 Å². The quantitative estimate of drug-likeness (QED) is 0.166. The molecule has 0 spiro atoms. The normalized spacial score (nSPS) is 11.0. The Kier molecular flexibility index (Phi) is 8.58. The lowest BCUT2D eigenvalue weighted by Gasteiger charge is -2.20. The third kappa shape index (κ3) is 6.47. The number of hydrazone groups is 1. The largest absolute Gasteiger partial charge is 0.508 e. The molecule has 0 radical (unpaired) electrons. The Labute approximate surface area is 224 Å². The SMILES string of the molecule is Cc1cc(C(=O)N/N=C/c2ccc(OCC(=O)N(CO)Cc3ccc(Cl)cc3)c3ccccc23)ccc1O. The summed E-state index contributed by atoms with van der Waals surface area (Å²) in [5, 5.41) is 25.6. The van der Waals surface area contributed by atoms with E-state index in [1.807, 2.05) is 24.3 Å². The molecule has 0 heterocycles. The van der Waals surface area contributed by atoms with E-state index in [9.17, 15) is 19.8 Å². The fourth-order valence-corrected chi connectivity index (χ4v) is 3.94. The number of nitrogens with zero attached hydrogens (tertiary/aromatic N) is 2. The lowest BCUT2D eigenvalue weighted by Crippen LogP contribution is -2.35. The Hall–Kier alpha value is -4.40. The predicted octanol–water partition coefficient (Wildman–Crippen LogP) is 4.63. The predicted molar refractivity (Wildman–Crippen MR) is 146 cm³/mol. The summed E-state index contributed by atoms with van der Waals surface area (Å²) in [5.41, 5.74) is 5.03. The number of aliphatic hydroxyl groups is 1. The van der Waals surface area contributed by atoms with Crippen LogP contribution in [-0.4, -0.2) is 46.5 Å². The maximum absolute atomic E-state index is 12.7. The molecule has 0 aliphatic carbocycles. The highest BCUT2D eigenvalue weighted by Crippen LogP contribution is 2.28. The number of hydrogen-bond acceptors (Lipinski definition) is 6. The first-order valence-electron chi connectivity index (χ1n) is 11.8. The number of phenolic OH excluding ortho intramolecular Hbond substituents is 1. The van der Waals surface area contributed by atoms with Gasteiger partial charge in [-0.1, -0.05) is 48.0 Å². The molecule has 0 atom stereocenters. The monoisotopic (exact) mass is 531 g/mol. The number of carbonyl (C=O) groups excluding carboxylic acids is 2.